The summed E-state index contributed by atoms with van der Waals surface area (Å²) in [5, 5.41) is 10.1. The second-order valence-electron chi connectivity index (χ2n) is 8.20. The molecule has 32 heavy (non-hydrogen) atoms. The highest BCUT2D eigenvalue weighted by Crippen LogP contribution is 2.32. The van der Waals surface area contributed by atoms with Crippen LogP contribution in [0.15, 0.2) is 73.3 Å². The molecule has 1 N–H and O–H groups in total. The van der Waals surface area contributed by atoms with Crippen molar-refractivity contribution in [3.05, 3.63) is 73.3 Å². The minimum absolute atomic E-state index is 0.217. The minimum atomic E-state index is -3.13. The van der Waals surface area contributed by atoms with Crippen LogP contribution in [0.4, 0.5) is 5.69 Å². The number of hydrogen-bond donors (Lipinski definition) is 1. The van der Waals surface area contributed by atoms with Crippen molar-refractivity contribution in [3.8, 4) is 16.8 Å². The lowest BCUT2D eigenvalue weighted by molar-refractivity contribution is 0.332. The first-order chi connectivity index (χ1) is 15.5. The van der Waals surface area contributed by atoms with Gasteiger partial charge in [-0.3, -0.25) is 4.98 Å². The molecule has 7 nitrogen and oxygen atoms in total. The van der Waals surface area contributed by atoms with Crippen molar-refractivity contribution >= 4 is 26.5 Å². The molecule has 2 aromatic heterocycles. The van der Waals surface area contributed by atoms with Gasteiger partial charge >= 0.3 is 0 Å². The maximum Gasteiger partial charge on any atom is 0.211 e. The first-order valence-electron chi connectivity index (χ1n) is 10.7. The molecule has 0 spiro atoms. The Balaban J connectivity index is 1.43. The molecule has 5 rings (SSSR count). The molecule has 3 heterocycles. The molecule has 0 amide bonds. The van der Waals surface area contributed by atoms with Gasteiger partial charge in [0.15, 0.2) is 0 Å². The number of fused-ring (bicyclic) bond motifs is 1. The Morgan fingerprint density at radius 3 is 2.47 bits per heavy atom. The van der Waals surface area contributed by atoms with Crippen molar-refractivity contribution < 1.29 is 8.42 Å². The smallest absolute Gasteiger partial charge is 0.211 e. The summed E-state index contributed by atoms with van der Waals surface area (Å²) in [5.74, 6) is 0. The number of pyridine rings is 1. The Morgan fingerprint density at radius 1 is 1.00 bits per heavy atom. The van der Waals surface area contributed by atoms with Gasteiger partial charge in [0.05, 0.1) is 11.9 Å². The fraction of sp³-hybridized carbons (Fsp3) is 0.250. The predicted molar refractivity (Wildman–Crippen MR) is 127 cm³/mol. The Hall–Kier alpha value is -3.23. The third-order valence-corrected chi connectivity index (χ3v) is 7.31. The van der Waals surface area contributed by atoms with Crippen LogP contribution in [0.3, 0.4) is 0 Å². The Kier molecular flexibility index (Phi) is 5.40. The summed E-state index contributed by atoms with van der Waals surface area (Å²) >= 11 is 0. The van der Waals surface area contributed by atoms with Crippen LogP contribution in [0.25, 0.3) is 27.6 Å². The van der Waals surface area contributed by atoms with Gasteiger partial charge < -0.3 is 5.32 Å². The molecular weight excluding hydrogens is 422 g/mol. The summed E-state index contributed by atoms with van der Waals surface area (Å²) < 4.78 is 27.0. The highest BCUT2D eigenvalue weighted by Gasteiger charge is 2.25. The van der Waals surface area contributed by atoms with Crippen molar-refractivity contribution in [1.29, 1.82) is 0 Å². The monoisotopic (exact) mass is 447 g/mol. The third-order valence-electron chi connectivity index (χ3n) is 6.01. The maximum atomic E-state index is 11.8. The van der Waals surface area contributed by atoms with Crippen LogP contribution in [0.5, 0.6) is 0 Å². The van der Waals surface area contributed by atoms with Gasteiger partial charge in [-0.2, -0.15) is 5.10 Å². The number of sulfonamides is 1. The maximum absolute atomic E-state index is 11.8. The van der Waals surface area contributed by atoms with E-state index in [0.29, 0.717) is 13.1 Å². The molecule has 1 fully saturated rings. The van der Waals surface area contributed by atoms with E-state index in [0.717, 1.165) is 46.1 Å². The van der Waals surface area contributed by atoms with E-state index in [1.54, 1.807) is 16.7 Å². The zero-order valence-corrected chi connectivity index (χ0v) is 18.7. The number of aromatic nitrogens is 3. The Morgan fingerprint density at radius 2 is 1.78 bits per heavy atom. The second kappa shape index (κ2) is 8.37. The summed E-state index contributed by atoms with van der Waals surface area (Å²) in [4.78, 5) is 4.32. The first kappa shape index (κ1) is 20.7. The van der Waals surface area contributed by atoms with Gasteiger partial charge in [-0.25, -0.2) is 17.4 Å². The lowest BCUT2D eigenvalue weighted by atomic mass is 9.99. The fourth-order valence-corrected chi connectivity index (χ4v) is 5.14. The molecule has 0 atom stereocenters. The SMILES string of the molecule is CS(=O)(=O)N1CCC(Nc2cc(-c3ccc(-n4cccn4)cc3)cc3ccncc23)CC1. The molecule has 8 heteroatoms. The van der Waals surface area contributed by atoms with Crippen LogP contribution in [0.2, 0.25) is 0 Å². The zero-order valence-electron chi connectivity index (χ0n) is 17.8. The van der Waals surface area contributed by atoms with Crippen molar-refractivity contribution in [1.82, 2.24) is 19.1 Å². The van der Waals surface area contributed by atoms with Gasteiger partial charge in [0.1, 0.15) is 0 Å². The highest BCUT2D eigenvalue weighted by atomic mass is 32.2. The van der Waals surface area contributed by atoms with Gasteiger partial charge in [-0.1, -0.05) is 12.1 Å². The number of anilines is 1. The van der Waals surface area contributed by atoms with Crippen LogP contribution in [0, 0.1) is 0 Å². The fourth-order valence-electron chi connectivity index (χ4n) is 4.26. The van der Waals surface area contributed by atoms with Crippen LogP contribution < -0.4 is 5.32 Å². The van der Waals surface area contributed by atoms with Crippen LogP contribution in [0.1, 0.15) is 12.8 Å². The predicted octanol–water partition coefficient (Wildman–Crippen LogP) is 3.92. The highest BCUT2D eigenvalue weighted by molar-refractivity contribution is 7.88. The number of benzene rings is 2. The normalized spacial score (nSPS) is 15.8. The Labute approximate surface area is 187 Å². The van der Waals surface area contributed by atoms with Crippen molar-refractivity contribution in [2.75, 3.05) is 24.7 Å². The summed E-state index contributed by atoms with van der Waals surface area (Å²) in [6.45, 7) is 1.09. The van der Waals surface area contributed by atoms with Gasteiger partial charge in [-0.05, 0) is 65.8 Å². The van der Waals surface area contributed by atoms with E-state index in [1.807, 2.05) is 29.2 Å². The van der Waals surface area contributed by atoms with E-state index in [4.69, 9.17) is 0 Å². The van der Waals surface area contributed by atoms with Crippen LogP contribution >= 0.6 is 0 Å². The number of hydrogen-bond acceptors (Lipinski definition) is 5. The molecule has 1 saturated heterocycles. The summed E-state index contributed by atoms with van der Waals surface area (Å²) in [6, 6.07) is 16.8. The molecule has 1 aliphatic rings. The van der Waals surface area contributed by atoms with E-state index in [2.05, 4.69) is 51.8 Å². The summed E-state index contributed by atoms with van der Waals surface area (Å²) in [6.07, 6.45) is 10.2. The largest absolute Gasteiger partial charge is 0.382 e. The lowest BCUT2D eigenvalue weighted by Crippen LogP contribution is -2.41. The van der Waals surface area contributed by atoms with E-state index in [9.17, 15) is 8.42 Å². The van der Waals surface area contributed by atoms with Gasteiger partial charge in [0.2, 0.25) is 10.0 Å². The standard InChI is InChI=1S/C24H25N5O2S/c1-32(30,31)28-13-8-21(9-14-28)27-24-16-20(15-19-7-11-25-17-23(19)24)18-3-5-22(6-4-18)29-12-2-10-26-29/h2-7,10-12,15-17,21,27H,8-9,13-14H2,1H3. The lowest BCUT2D eigenvalue weighted by Gasteiger charge is -2.31. The molecular formula is C24H25N5O2S. The van der Waals surface area contributed by atoms with E-state index in [1.165, 1.54) is 6.26 Å². The third kappa shape index (κ3) is 4.24. The number of nitrogens with zero attached hydrogens (tertiary/aromatic N) is 4. The average molecular weight is 448 g/mol. The molecule has 0 saturated carbocycles. The average Bonchev–Trinajstić information content (AvgIpc) is 3.34. The molecule has 0 bridgehead atoms. The number of nitrogens with one attached hydrogen (secondary N) is 1. The molecule has 2 aromatic carbocycles. The molecule has 0 unspecified atom stereocenters. The van der Waals surface area contributed by atoms with Crippen LogP contribution in [-0.4, -0.2) is 52.9 Å². The zero-order chi connectivity index (χ0) is 22.1. The Bertz CT molecular complexity index is 1330. The number of piperidine rings is 1. The van der Waals surface area contributed by atoms with Gasteiger partial charge in [0.25, 0.3) is 0 Å². The van der Waals surface area contributed by atoms with E-state index < -0.39 is 10.0 Å². The minimum Gasteiger partial charge on any atom is -0.382 e. The molecule has 164 valence electrons. The van der Waals surface area contributed by atoms with Crippen molar-refractivity contribution in [2.24, 2.45) is 0 Å². The van der Waals surface area contributed by atoms with Gasteiger partial charge in [0, 0.05) is 55.0 Å². The van der Waals surface area contributed by atoms with E-state index >= 15 is 0 Å². The quantitative estimate of drug-likeness (QED) is 0.502. The second-order valence-corrected chi connectivity index (χ2v) is 10.2. The van der Waals surface area contributed by atoms with E-state index in [-0.39, 0.29) is 6.04 Å². The summed E-state index contributed by atoms with van der Waals surface area (Å²) in [5.41, 5.74) is 4.28. The van der Waals surface area contributed by atoms with Crippen molar-refractivity contribution in [2.45, 2.75) is 18.9 Å². The molecule has 0 aliphatic carbocycles. The van der Waals surface area contributed by atoms with Crippen LogP contribution in [-0.2, 0) is 10.0 Å². The molecule has 0 radical (unpaired) electrons. The van der Waals surface area contributed by atoms with Gasteiger partial charge in [-0.15, -0.1) is 0 Å². The molecule has 4 aromatic rings. The molecule has 1 aliphatic heterocycles. The number of rotatable bonds is 5. The first-order valence-corrected chi connectivity index (χ1v) is 12.5. The summed E-state index contributed by atoms with van der Waals surface area (Å²) in [7, 11) is -3.13. The topological polar surface area (TPSA) is 80.1 Å². The van der Waals surface area contributed by atoms with Crippen molar-refractivity contribution in [3.63, 3.8) is 0 Å².